The molecule has 1 aliphatic rings. The van der Waals surface area contributed by atoms with E-state index in [1.807, 2.05) is 30.3 Å². The van der Waals surface area contributed by atoms with Crippen LogP contribution < -0.4 is 5.32 Å². The van der Waals surface area contributed by atoms with Crippen molar-refractivity contribution in [1.29, 1.82) is 0 Å². The third-order valence-corrected chi connectivity index (χ3v) is 7.09. The van der Waals surface area contributed by atoms with Gasteiger partial charge in [0.05, 0.1) is 12.0 Å². The molecule has 1 aromatic rings. The normalized spacial score (nSPS) is 18.1. The Balaban J connectivity index is 1.72. The van der Waals surface area contributed by atoms with E-state index in [9.17, 15) is 4.79 Å². The average molecular weight is 402 g/mol. The van der Waals surface area contributed by atoms with Crippen LogP contribution in [0.1, 0.15) is 91.0 Å². The molecule has 1 aliphatic carbocycles. The van der Waals surface area contributed by atoms with Crippen LogP contribution in [0.2, 0.25) is 0 Å². The third kappa shape index (κ3) is 8.50. The van der Waals surface area contributed by atoms with E-state index in [0.717, 1.165) is 37.4 Å². The topological polar surface area (TPSA) is 38.3 Å². The van der Waals surface area contributed by atoms with Gasteiger partial charge in [0.1, 0.15) is 0 Å². The van der Waals surface area contributed by atoms with Gasteiger partial charge in [-0.05, 0) is 55.9 Å². The Kier molecular flexibility index (Phi) is 9.68. The molecule has 1 atom stereocenters. The number of carbonyl (C=O) groups is 1. The Morgan fingerprint density at radius 3 is 2.31 bits per heavy atom. The van der Waals surface area contributed by atoms with Gasteiger partial charge in [-0.1, -0.05) is 76.8 Å². The molecular formula is C26H43NO2. The summed E-state index contributed by atoms with van der Waals surface area (Å²) in [6.07, 6.45) is 11.7. The van der Waals surface area contributed by atoms with Gasteiger partial charge < -0.3 is 10.1 Å². The van der Waals surface area contributed by atoms with Crippen LogP contribution in [0.15, 0.2) is 30.3 Å². The van der Waals surface area contributed by atoms with Crippen molar-refractivity contribution < 1.29 is 9.53 Å². The Labute approximate surface area is 179 Å². The molecule has 0 aromatic heterocycles. The Morgan fingerprint density at radius 1 is 1.03 bits per heavy atom. The minimum Gasteiger partial charge on any atom is -0.375 e. The summed E-state index contributed by atoms with van der Waals surface area (Å²) >= 11 is 0. The molecular weight excluding hydrogens is 358 g/mol. The van der Waals surface area contributed by atoms with Gasteiger partial charge in [-0.15, -0.1) is 0 Å². The van der Waals surface area contributed by atoms with Gasteiger partial charge in [0, 0.05) is 13.2 Å². The van der Waals surface area contributed by atoms with Crippen molar-refractivity contribution in [2.45, 2.75) is 97.5 Å². The van der Waals surface area contributed by atoms with Crippen LogP contribution in [-0.2, 0) is 16.0 Å². The van der Waals surface area contributed by atoms with Crippen molar-refractivity contribution in [1.82, 2.24) is 5.32 Å². The van der Waals surface area contributed by atoms with Gasteiger partial charge in [-0.2, -0.15) is 0 Å². The summed E-state index contributed by atoms with van der Waals surface area (Å²) < 4.78 is 6.39. The minimum atomic E-state index is -0.167. The van der Waals surface area contributed by atoms with Gasteiger partial charge in [-0.25, -0.2) is 0 Å². The number of rotatable bonds is 11. The highest BCUT2D eigenvalue weighted by Gasteiger charge is 2.31. The molecule has 0 aliphatic heterocycles. The molecule has 1 saturated carbocycles. The molecule has 1 aromatic carbocycles. The second kappa shape index (κ2) is 11.7. The second-order valence-electron chi connectivity index (χ2n) is 9.84. The summed E-state index contributed by atoms with van der Waals surface area (Å²) in [5.41, 5.74) is 1.24. The average Bonchev–Trinajstić information content (AvgIpc) is 2.99. The summed E-state index contributed by atoms with van der Waals surface area (Å²) in [4.78, 5) is 12.2. The fourth-order valence-corrected chi connectivity index (χ4v) is 4.49. The molecule has 3 nitrogen and oxygen atoms in total. The fraction of sp³-hybridized carbons (Fsp3) is 0.731. The highest BCUT2D eigenvalue weighted by molar-refractivity contribution is 5.78. The molecule has 1 fully saturated rings. The van der Waals surface area contributed by atoms with Gasteiger partial charge >= 0.3 is 0 Å². The molecule has 2 rings (SSSR count). The number of hydrogen-bond acceptors (Lipinski definition) is 2. The molecule has 29 heavy (non-hydrogen) atoms. The first-order valence-electron chi connectivity index (χ1n) is 11.8. The highest BCUT2D eigenvalue weighted by atomic mass is 16.5. The van der Waals surface area contributed by atoms with Gasteiger partial charge in [0.25, 0.3) is 0 Å². The smallest absolute Gasteiger partial charge is 0.224 e. The predicted octanol–water partition coefficient (Wildman–Crippen LogP) is 6.31. The quantitative estimate of drug-likeness (QED) is 0.441. The number of ether oxygens (including phenoxy) is 1. The molecule has 0 saturated heterocycles. The fourth-order valence-electron chi connectivity index (χ4n) is 4.49. The summed E-state index contributed by atoms with van der Waals surface area (Å²) in [5.74, 6) is 0.919. The predicted molar refractivity (Wildman–Crippen MR) is 122 cm³/mol. The van der Waals surface area contributed by atoms with Crippen LogP contribution in [0, 0.1) is 11.3 Å². The van der Waals surface area contributed by atoms with E-state index in [-0.39, 0.29) is 11.5 Å². The molecule has 3 heteroatoms. The van der Waals surface area contributed by atoms with Crippen LogP contribution in [0.3, 0.4) is 0 Å². The lowest BCUT2D eigenvalue weighted by Gasteiger charge is -2.36. The Bertz CT molecular complexity index is 590. The van der Waals surface area contributed by atoms with Crippen molar-refractivity contribution in [3.05, 3.63) is 35.9 Å². The first kappa shape index (κ1) is 23.9. The van der Waals surface area contributed by atoms with Crippen LogP contribution >= 0.6 is 0 Å². The zero-order valence-corrected chi connectivity index (χ0v) is 19.3. The summed E-state index contributed by atoms with van der Waals surface area (Å²) in [5, 5.41) is 3.07. The molecule has 0 heterocycles. The lowest BCUT2D eigenvalue weighted by molar-refractivity contribution is -0.120. The van der Waals surface area contributed by atoms with Gasteiger partial charge in [0.2, 0.25) is 5.91 Å². The van der Waals surface area contributed by atoms with Crippen LogP contribution in [0.25, 0.3) is 0 Å². The van der Waals surface area contributed by atoms with E-state index in [1.165, 1.54) is 38.5 Å². The highest BCUT2D eigenvalue weighted by Crippen LogP contribution is 2.40. The lowest BCUT2D eigenvalue weighted by atomic mass is 9.73. The number of hydrogen-bond donors (Lipinski definition) is 1. The van der Waals surface area contributed by atoms with Crippen LogP contribution in [0.5, 0.6) is 0 Å². The summed E-state index contributed by atoms with van der Waals surface area (Å²) in [6.45, 7) is 10.7. The number of carbonyl (C=O) groups excluding carboxylic acids is 1. The number of benzene rings is 1. The summed E-state index contributed by atoms with van der Waals surface area (Å²) in [6, 6.07) is 9.91. The van der Waals surface area contributed by atoms with Crippen molar-refractivity contribution in [2.24, 2.45) is 11.3 Å². The summed E-state index contributed by atoms with van der Waals surface area (Å²) in [7, 11) is 0. The molecule has 0 radical (unpaired) electrons. The number of nitrogens with one attached hydrogen (secondary N) is 1. The lowest BCUT2D eigenvalue weighted by Crippen LogP contribution is -2.36. The maximum Gasteiger partial charge on any atom is 0.224 e. The third-order valence-electron chi connectivity index (χ3n) is 7.09. The van der Waals surface area contributed by atoms with Crippen LogP contribution in [0.4, 0.5) is 0 Å². The minimum absolute atomic E-state index is 0.0872. The molecule has 1 unspecified atom stereocenters. The zero-order chi connectivity index (χ0) is 21.2. The van der Waals surface area contributed by atoms with E-state index in [0.29, 0.717) is 18.4 Å². The SMILES string of the molecule is CCC(C)(CCNC(=O)Cc1ccccc1)OCCC(C)(C)C1CCCCCC1. The molecule has 1 amide bonds. The Hall–Kier alpha value is -1.35. The molecule has 164 valence electrons. The van der Waals surface area contributed by atoms with Crippen molar-refractivity contribution in [3.8, 4) is 0 Å². The van der Waals surface area contributed by atoms with E-state index in [2.05, 4.69) is 33.0 Å². The molecule has 1 N–H and O–H groups in total. The largest absolute Gasteiger partial charge is 0.375 e. The van der Waals surface area contributed by atoms with Crippen LogP contribution in [-0.4, -0.2) is 24.7 Å². The maximum atomic E-state index is 12.2. The van der Waals surface area contributed by atoms with Crippen molar-refractivity contribution >= 4 is 5.91 Å². The first-order chi connectivity index (χ1) is 13.8. The van der Waals surface area contributed by atoms with E-state index in [4.69, 9.17) is 4.74 Å². The Morgan fingerprint density at radius 2 is 1.69 bits per heavy atom. The molecule has 0 spiro atoms. The van der Waals surface area contributed by atoms with E-state index >= 15 is 0 Å². The number of amides is 1. The van der Waals surface area contributed by atoms with Crippen molar-refractivity contribution in [3.63, 3.8) is 0 Å². The second-order valence-corrected chi connectivity index (χ2v) is 9.84. The monoisotopic (exact) mass is 401 g/mol. The standard InChI is InChI=1S/C26H43NO2/c1-5-26(4,17-19-27-24(28)21-22-13-9-8-10-14-22)29-20-18-25(2,3)23-15-11-6-7-12-16-23/h8-10,13-14,23H,5-7,11-12,15-21H2,1-4H3,(H,27,28). The van der Waals surface area contributed by atoms with Gasteiger partial charge in [-0.3, -0.25) is 4.79 Å². The van der Waals surface area contributed by atoms with Crippen molar-refractivity contribution in [2.75, 3.05) is 13.2 Å². The van der Waals surface area contributed by atoms with Gasteiger partial charge in [0.15, 0.2) is 0 Å². The van der Waals surface area contributed by atoms with E-state index < -0.39 is 0 Å². The molecule has 0 bridgehead atoms. The maximum absolute atomic E-state index is 12.2. The zero-order valence-electron chi connectivity index (χ0n) is 19.3. The van der Waals surface area contributed by atoms with E-state index in [1.54, 1.807) is 0 Å². The first-order valence-corrected chi connectivity index (χ1v) is 11.8.